The van der Waals surface area contributed by atoms with Gasteiger partial charge in [0.1, 0.15) is 6.04 Å². The Balaban J connectivity index is 2.26. The average molecular weight is 325 g/mol. The largest absolute Gasteiger partial charge is 0.465 e. The number of carbonyl (C=O) groups excluding carboxylic acids is 2. The molecule has 1 heterocycles. The zero-order valence-electron chi connectivity index (χ0n) is 13.9. The quantitative estimate of drug-likeness (QED) is 0.620. The molecule has 5 heteroatoms. The van der Waals surface area contributed by atoms with Crippen LogP contribution in [0.4, 0.5) is 4.79 Å². The molecule has 1 atom stereocenters. The minimum absolute atomic E-state index is 0.235. The van der Waals surface area contributed by atoms with Gasteiger partial charge >= 0.3 is 12.1 Å². The molecule has 0 saturated heterocycles. The van der Waals surface area contributed by atoms with E-state index in [2.05, 4.69) is 16.6 Å². The van der Waals surface area contributed by atoms with E-state index in [-0.39, 0.29) is 12.2 Å². The van der Waals surface area contributed by atoms with Crippen LogP contribution in [0.25, 0.3) is 0 Å². The molecule has 1 aliphatic heterocycles. The molecule has 0 aromatic heterocycles. The first-order chi connectivity index (χ1) is 11.5. The Hall–Kier alpha value is -3.00. The van der Waals surface area contributed by atoms with Crippen LogP contribution in [-0.4, -0.2) is 36.7 Å². The molecule has 1 aromatic rings. The highest BCUT2D eigenvalue weighted by atomic mass is 16.6. The Morgan fingerprint density at radius 1 is 1.25 bits per heavy atom. The maximum atomic E-state index is 12.1. The molecule has 0 spiro atoms. The minimum Gasteiger partial charge on any atom is -0.465 e. The highest BCUT2D eigenvalue weighted by Gasteiger charge is 2.25. The lowest BCUT2D eigenvalue weighted by molar-refractivity contribution is -0.135. The molecular formula is C19H19NO4. The van der Waals surface area contributed by atoms with Crippen LogP contribution in [0.3, 0.4) is 0 Å². The fourth-order valence-electron chi connectivity index (χ4n) is 2.08. The first-order valence-electron chi connectivity index (χ1n) is 7.56. The number of esters is 1. The highest BCUT2D eigenvalue weighted by Crippen LogP contribution is 2.16. The SMILES string of the molecule is CCOC(=O)N1C=C(C(=O)OC)C=CC1C#Cc1ccc(C)cc1. The van der Waals surface area contributed by atoms with E-state index in [4.69, 9.17) is 4.74 Å². The maximum Gasteiger partial charge on any atom is 0.415 e. The van der Waals surface area contributed by atoms with Crippen molar-refractivity contribution in [3.63, 3.8) is 0 Å². The summed E-state index contributed by atoms with van der Waals surface area (Å²) < 4.78 is 9.71. The predicted molar refractivity (Wildman–Crippen MR) is 89.9 cm³/mol. The number of rotatable bonds is 2. The molecule has 0 aliphatic carbocycles. The summed E-state index contributed by atoms with van der Waals surface area (Å²) >= 11 is 0. The zero-order valence-corrected chi connectivity index (χ0v) is 13.9. The Kier molecular flexibility index (Phi) is 5.80. The summed E-state index contributed by atoms with van der Waals surface area (Å²) in [6.07, 6.45) is 4.10. The van der Waals surface area contributed by atoms with Gasteiger partial charge in [-0.2, -0.15) is 0 Å². The third-order valence-corrected chi connectivity index (χ3v) is 3.35. The molecule has 0 radical (unpaired) electrons. The van der Waals surface area contributed by atoms with Crippen LogP contribution in [0, 0.1) is 18.8 Å². The van der Waals surface area contributed by atoms with E-state index in [1.165, 1.54) is 18.2 Å². The van der Waals surface area contributed by atoms with E-state index in [1.54, 1.807) is 19.1 Å². The standard InChI is InChI=1S/C19H19NO4/c1-4-24-19(22)20-13-16(18(21)23-3)10-12-17(20)11-9-15-7-5-14(2)6-8-15/h5-8,10,12-13,17H,4H2,1-3H3. The molecule has 1 aromatic carbocycles. The van der Waals surface area contributed by atoms with E-state index < -0.39 is 18.1 Å². The van der Waals surface area contributed by atoms with Gasteiger partial charge in [0.25, 0.3) is 0 Å². The number of hydrogen-bond donors (Lipinski definition) is 0. The van der Waals surface area contributed by atoms with Gasteiger partial charge in [-0.15, -0.1) is 0 Å². The highest BCUT2D eigenvalue weighted by molar-refractivity contribution is 5.92. The summed E-state index contributed by atoms with van der Waals surface area (Å²) in [6, 6.07) is 7.26. The number of hydrogen-bond acceptors (Lipinski definition) is 4. The van der Waals surface area contributed by atoms with Gasteiger partial charge in [0.05, 0.1) is 19.3 Å². The first-order valence-corrected chi connectivity index (χ1v) is 7.56. The molecule has 1 amide bonds. The van der Waals surface area contributed by atoms with Crippen molar-refractivity contribution in [2.75, 3.05) is 13.7 Å². The van der Waals surface area contributed by atoms with Crippen LogP contribution in [0.5, 0.6) is 0 Å². The molecule has 2 rings (SSSR count). The van der Waals surface area contributed by atoms with Crippen molar-refractivity contribution in [2.24, 2.45) is 0 Å². The normalized spacial score (nSPS) is 15.9. The molecule has 1 aliphatic rings. The van der Waals surface area contributed by atoms with Crippen molar-refractivity contribution in [2.45, 2.75) is 19.9 Å². The van der Waals surface area contributed by atoms with Crippen LogP contribution in [0.1, 0.15) is 18.1 Å². The summed E-state index contributed by atoms with van der Waals surface area (Å²) in [6.45, 7) is 3.96. The lowest BCUT2D eigenvalue weighted by atomic mass is 10.1. The van der Waals surface area contributed by atoms with E-state index in [0.717, 1.165) is 11.1 Å². The lowest BCUT2D eigenvalue weighted by Crippen LogP contribution is -2.37. The second kappa shape index (κ2) is 8.02. The van der Waals surface area contributed by atoms with Gasteiger partial charge in [-0.3, -0.25) is 4.90 Å². The number of benzene rings is 1. The van der Waals surface area contributed by atoms with Crippen LogP contribution >= 0.6 is 0 Å². The molecular weight excluding hydrogens is 306 g/mol. The zero-order chi connectivity index (χ0) is 17.5. The topological polar surface area (TPSA) is 55.8 Å². The monoisotopic (exact) mass is 325 g/mol. The van der Waals surface area contributed by atoms with Gasteiger partial charge in [0.2, 0.25) is 0 Å². The number of carbonyl (C=O) groups is 2. The molecule has 0 fully saturated rings. The van der Waals surface area contributed by atoms with Gasteiger partial charge in [0, 0.05) is 11.8 Å². The fourth-order valence-corrected chi connectivity index (χ4v) is 2.08. The lowest BCUT2D eigenvalue weighted by Gasteiger charge is -2.25. The maximum absolute atomic E-state index is 12.1. The third kappa shape index (κ3) is 4.26. The molecule has 5 nitrogen and oxygen atoms in total. The number of amides is 1. The Labute approximate surface area is 141 Å². The summed E-state index contributed by atoms with van der Waals surface area (Å²) in [5.74, 6) is 5.52. The first kappa shape index (κ1) is 17.4. The fraction of sp³-hybridized carbons (Fsp3) is 0.263. The Bertz CT molecular complexity index is 735. The van der Waals surface area contributed by atoms with Crippen LogP contribution < -0.4 is 0 Å². The van der Waals surface area contributed by atoms with Crippen molar-refractivity contribution in [1.82, 2.24) is 4.90 Å². The molecule has 1 unspecified atom stereocenters. The van der Waals surface area contributed by atoms with E-state index in [1.807, 2.05) is 31.2 Å². The summed E-state index contributed by atoms with van der Waals surface area (Å²) in [5, 5.41) is 0. The van der Waals surface area contributed by atoms with Crippen LogP contribution in [0.2, 0.25) is 0 Å². The summed E-state index contributed by atoms with van der Waals surface area (Å²) in [4.78, 5) is 25.1. The Morgan fingerprint density at radius 2 is 1.96 bits per heavy atom. The van der Waals surface area contributed by atoms with Crippen molar-refractivity contribution in [3.05, 3.63) is 59.3 Å². The summed E-state index contributed by atoms with van der Waals surface area (Å²) in [7, 11) is 1.29. The number of aryl methyl sites for hydroxylation is 1. The molecule has 124 valence electrons. The number of ether oxygens (including phenoxy) is 2. The second-order valence-corrected chi connectivity index (χ2v) is 5.12. The molecule has 0 saturated carbocycles. The molecule has 0 bridgehead atoms. The van der Waals surface area contributed by atoms with Gasteiger partial charge in [-0.1, -0.05) is 29.5 Å². The van der Waals surface area contributed by atoms with Crippen molar-refractivity contribution in [1.29, 1.82) is 0 Å². The average Bonchev–Trinajstić information content (AvgIpc) is 2.60. The summed E-state index contributed by atoms with van der Waals surface area (Å²) in [5.41, 5.74) is 2.26. The van der Waals surface area contributed by atoms with Gasteiger partial charge in [-0.25, -0.2) is 9.59 Å². The van der Waals surface area contributed by atoms with Crippen molar-refractivity contribution < 1.29 is 19.1 Å². The third-order valence-electron chi connectivity index (χ3n) is 3.35. The van der Waals surface area contributed by atoms with Crippen molar-refractivity contribution in [3.8, 4) is 11.8 Å². The van der Waals surface area contributed by atoms with Gasteiger partial charge < -0.3 is 9.47 Å². The Morgan fingerprint density at radius 3 is 2.58 bits per heavy atom. The van der Waals surface area contributed by atoms with Crippen molar-refractivity contribution >= 4 is 12.1 Å². The predicted octanol–water partition coefficient (Wildman–Crippen LogP) is 2.80. The second-order valence-electron chi connectivity index (χ2n) is 5.12. The number of methoxy groups -OCH3 is 1. The smallest absolute Gasteiger partial charge is 0.415 e. The van der Waals surface area contributed by atoms with E-state index in [9.17, 15) is 9.59 Å². The van der Waals surface area contributed by atoms with E-state index in [0.29, 0.717) is 0 Å². The minimum atomic E-state index is -0.563. The number of nitrogens with zero attached hydrogens (tertiary/aromatic N) is 1. The van der Waals surface area contributed by atoms with Gasteiger partial charge in [0.15, 0.2) is 0 Å². The van der Waals surface area contributed by atoms with Crippen LogP contribution in [-0.2, 0) is 14.3 Å². The van der Waals surface area contributed by atoms with Crippen LogP contribution in [0.15, 0.2) is 48.2 Å². The van der Waals surface area contributed by atoms with Gasteiger partial charge in [-0.05, 0) is 38.1 Å². The molecule has 0 N–H and O–H groups in total. The molecule has 24 heavy (non-hydrogen) atoms. The van der Waals surface area contributed by atoms with E-state index >= 15 is 0 Å².